The third-order valence-electron chi connectivity index (χ3n) is 7.39. The molecule has 0 aliphatic rings. The van der Waals surface area contributed by atoms with Gasteiger partial charge < -0.3 is 19.5 Å². The highest BCUT2D eigenvalue weighted by molar-refractivity contribution is 7.16. The van der Waals surface area contributed by atoms with Crippen molar-refractivity contribution in [2.45, 2.75) is 0 Å². The van der Waals surface area contributed by atoms with Crippen LogP contribution < -0.4 is 14.4 Å². The van der Waals surface area contributed by atoms with Gasteiger partial charge in [0.05, 0.1) is 41.2 Å². The number of anilines is 3. The summed E-state index contributed by atoms with van der Waals surface area (Å²) in [6.07, 6.45) is 2.89. The van der Waals surface area contributed by atoms with Gasteiger partial charge in [-0.05, 0) is 90.5 Å². The fourth-order valence-corrected chi connectivity index (χ4v) is 5.92. The number of carboxylic acids is 1. The minimum absolute atomic E-state index is 0.381. The van der Waals surface area contributed by atoms with Gasteiger partial charge in [-0.25, -0.2) is 29.7 Å². The van der Waals surface area contributed by atoms with E-state index in [1.54, 1.807) is 26.5 Å². The minimum Gasteiger partial charge on any atom is -0.497 e. The van der Waals surface area contributed by atoms with E-state index in [-0.39, 0.29) is 5.57 Å². The Morgan fingerprint density at radius 2 is 1.30 bits per heavy atom. The van der Waals surface area contributed by atoms with Crippen LogP contribution in [0.15, 0.2) is 96.7 Å². The van der Waals surface area contributed by atoms with Crippen molar-refractivity contribution in [1.29, 1.82) is 5.26 Å². The molecule has 0 bridgehead atoms. The lowest BCUT2D eigenvalue weighted by Crippen LogP contribution is -2.10. The van der Waals surface area contributed by atoms with Gasteiger partial charge in [0.15, 0.2) is 11.3 Å². The van der Waals surface area contributed by atoms with Crippen molar-refractivity contribution < 1.29 is 19.4 Å². The molecule has 0 unspecified atom stereocenters. The third kappa shape index (κ3) is 5.74. The monoisotopic (exact) mass is 637 g/mol. The van der Waals surface area contributed by atoms with E-state index in [0.717, 1.165) is 39.0 Å². The van der Waals surface area contributed by atoms with Crippen molar-refractivity contribution in [3.8, 4) is 28.0 Å². The summed E-state index contributed by atoms with van der Waals surface area (Å²) in [6.45, 7) is 0. The molecule has 0 saturated carbocycles. The van der Waals surface area contributed by atoms with Crippen molar-refractivity contribution in [1.82, 2.24) is 24.9 Å². The maximum Gasteiger partial charge on any atom is 0.346 e. The first kappa shape index (κ1) is 29.3. The molecule has 11 nitrogen and oxygen atoms in total. The third-order valence-corrected chi connectivity index (χ3v) is 8.38. The van der Waals surface area contributed by atoms with Gasteiger partial charge in [-0.1, -0.05) is 6.07 Å². The Kier molecular flexibility index (Phi) is 7.57. The van der Waals surface area contributed by atoms with Gasteiger partial charge in [-0.3, -0.25) is 0 Å². The highest BCUT2D eigenvalue weighted by atomic mass is 32.1. The van der Waals surface area contributed by atoms with Crippen LogP contribution in [0.4, 0.5) is 17.1 Å². The molecule has 0 aliphatic carbocycles. The largest absolute Gasteiger partial charge is 0.497 e. The quantitative estimate of drug-likeness (QED) is 0.101. The molecule has 7 aromatic rings. The lowest BCUT2D eigenvalue weighted by Gasteiger charge is -2.26. The Balaban J connectivity index is 1.27. The molecule has 12 heteroatoms. The van der Waals surface area contributed by atoms with Crippen LogP contribution in [0.3, 0.4) is 0 Å². The van der Waals surface area contributed by atoms with E-state index in [4.69, 9.17) is 39.8 Å². The normalized spacial score (nSPS) is 11.5. The predicted molar refractivity (Wildman–Crippen MR) is 180 cm³/mol. The van der Waals surface area contributed by atoms with Crippen LogP contribution in [0, 0.1) is 11.3 Å². The number of carbonyl (C=O) groups is 1. The van der Waals surface area contributed by atoms with Crippen LogP contribution in [0.1, 0.15) is 5.01 Å². The molecule has 7 rings (SSSR count). The average Bonchev–Trinajstić information content (AvgIpc) is 3.58. The molecule has 1 N–H and O–H groups in total. The molecule has 3 aromatic heterocycles. The number of hydrogen-bond donors (Lipinski definition) is 1. The molecule has 3 heterocycles. The summed E-state index contributed by atoms with van der Waals surface area (Å²) in [4.78, 5) is 37.5. The number of nitriles is 1. The summed E-state index contributed by atoms with van der Waals surface area (Å²) in [5, 5.41) is 18.6. The predicted octanol–water partition coefficient (Wildman–Crippen LogP) is 7.33. The van der Waals surface area contributed by atoms with Crippen LogP contribution in [0.2, 0.25) is 0 Å². The molecule has 47 heavy (non-hydrogen) atoms. The fourth-order valence-electron chi connectivity index (χ4n) is 5.07. The van der Waals surface area contributed by atoms with E-state index < -0.39 is 5.97 Å². The van der Waals surface area contributed by atoms with Crippen LogP contribution in [-0.4, -0.2) is 50.2 Å². The highest BCUT2D eigenvalue weighted by Gasteiger charge is 2.16. The van der Waals surface area contributed by atoms with E-state index >= 15 is 0 Å². The second kappa shape index (κ2) is 12.2. The van der Waals surface area contributed by atoms with E-state index in [9.17, 15) is 4.79 Å². The lowest BCUT2D eigenvalue weighted by atomic mass is 10.1. The van der Waals surface area contributed by atoms with E-state index in [0.29, 0.717) is 38.4 Å². The molecule has 0 amide bonds. The number of rotatable bonds is 8. The van der Waals surface area contributed by atoms with Gasteiger partial charge >= 0.3 is 5.97 Å². The molecule has 0 spiro atoms. The second-order valence-electron chi connectivity index (χ2n) is 10.2. The molecule has 4 aromatic carbocycles. The second-order valence-corrected chi connectivity index (χ2v) is 11.3. The number of nitrogens with zero attached hydrogens (tertiary/aromatic N) is 7. The summed E-state index contributed by atoms with van der Waals surface area (Å²) >= 11 is 1.27. The molecule has 0 saturated heterocycles. The van der Waals surface area contributed by atoms with Crippen LogP contribution in [0.25, 0.3) is 49.9 Å². The number of aliphatic carboxylic acids is 1. The summed E-state index contributed by atoms with van der Waals surface area (Å²) in [5.41, 5.74) is 6.61. The van der Waals surface area contributed by atoms with Crippen molar-refractivity contribution in [2.24, 2.45) is 0 Å². The molecule has 0 fully saturated rings. The summed E-state index contributed by atoms with van der Waals surface area (Å²) in [5.74, 6) is 0.223. The topological polar surface area (TPSA) is 147 Å². The van der Waals surface area contributed by atoms with Gasteiger partial charge in [-0.15, -0.1) is 11.3 Å². The molecule has 228 valence electrons. The molecule has 0 radical (unpaired) electrons. The zero-order valence-electron chi connectivity index (χ0n) is 24.9. The highest BCUT2D eigenvalue weighted by Crippen LogP contribution is 2.37. The zero-order chi connectivity index (χ0) is 32.5. The Hall–Kier alpha value is -6.45. The number of thiazole rings is 1. The van der Waals surface area contributed by atoms with E-state index in [1.807, 2.05) is 84.9 Å². The van der Waals surface area contributed by atoms with Gasteiger partial charge in [0.1, 0.15) is 28.1 Å². The maximum absolute atomic E-state index is 11.2. The van der Waals surface area contributed by atoms with Gasteiger partial charge in [0, 0.05) is 23.3 Å². The Bertz CT molecular complexity index is 2340. The number of aromatic nitrogens is 5. The maximum atomic E-state index is 11.2. The van der Waals surface area contributed by atoms with Gasteiger partial charge in [-0.2, -0.15) is 5.26 Å². The summed E-state index contributed by atoms with van der Waals surface area (Å²) in [6, 6.07) is 28.8. The summed E-state index contributed by atoms with van der Waals surface area (Å²) < 4.78 is 10.8. The number of methoxy groups -OCH3 is 2. The summed E-state index contributed by atoms with van der Waals surface area (Å²) in [7, 11) is 3.28. The van der Waals surface area contributed by atoms with E-state index in [1.165, 1.54) is 17.4 Å². The number of fused-ring (bicyclic) bond motifs is 3. The number of hydrogen-bond acceptors (Lipinski definition) is 11. The average molecular weight is 638 g/mol. The first-order valence-electron chi connectivity index (χ1n) is 14.2. The van der Waals surface area contributed by atoms with Crippen molar-refractivity contribution >= 4 is 73.8 Å². The SMILES string of the molecule is COc1ccc(N(c2ccc(OC)cc2)c2ccc3nc4nc5cc(-c6cnc(C=C(C#N)C(=O)O)s6)ccc5nc4nc3c2)cc1. The smallest absolute Gasteiger partial charge is 0.346 e. The van der Waals surface area contributed by atoms with Crippen LogP contribution >= 0.6 is 11.3 Å². The van der Waals surface area contributed by atoms with Crippen molar-refractivity contribution in [3.63, 3.8) is 0 Å². The van der Waals surface area contributed by atoms with E-state index in [2.05, 4.69) is 9.88 Å². The number of benzene rings is 4. The van der Waals surface area contributed by atoms with Crippen LogP contribution in [-0.2, 0) is 4.79 Å². The van der Waals surface area contributed by atoms with Gasteiger partial charge in [0.25, 0.3) is 0 Å². The Morgan fingerprint density at radius 1 is 0.766 bits per heavy atom. The number of carboxylic acid groups (broad SMARTS) is 1. The van der Waals surface area contributed by atoms with Crippen LogP contribution in [0.5, 0.6) is 11.5 Å². The van der Waals surface area contributed by atoms with Gasteiger partial charge in [0.2, 0.25) is 0 Å². The first-order valence-corrected chi connectivity index (χ1v) is 15.0. The Labute approximate surface area is 271 Å². The molecule has 0 aliphatic heterocycles. The fraction of sp³-hybridized carbons (Fsp3) is 0.0571. The van der Waals surface area contributed by atoms with Crippen molar-refractivity contribution in [2.75, 3.05) is 19.1 Å². The number of ether oxygens (including phenoxy) is 2. The Morgan fingerprint density at radius 3 is 1.85 bits per heavy atom. The zero-order valence-corrected chi connectivity index (χ0v) is 25.8. The molecule has 0 atom stereocenters. The molecular formula is C35H23N7O4S. The molecular weight excluding hydrogens is 614 g/mol. The minimum atomic E-state index is -1.30. The first-order chi connectivity index (χ1) is 22.9. The standard InChI is InChI=1S/C35H23N7O4S/c1-45-25-9-4-22(5-10-25)42(23-6-11-26(46-2)12-7-23)24-8-14-28-30(17-24)41-34-33(39-28)40-29-15-20(3-13-27(29)38-34)31-19-37-32(47-31)16-21(18-36)35(43)44/h3-17,19H,1-2H3,(H,43,44). The lowest BCUT2D eigenvalue weighted by molar-refractivity contribution is -0.132. The van der Waals surface area contributed by atoms with Crippen molar-refractivity contribution in [3.05, 3.63) is 102 Å².